The van der Waals surface area contributed by atoms with E-state index in [-0.39, 0.29) is 5.69 Å². The quantitative estimate of drug-likeness (QED) is 0.744. The van der Waals surface area contributed by atoms with Crippen LogP contribution in [0.4, 0.5) is 13.2 Å². The highest BCUT2D eigenvalue weighted by Crippen LogP contribution is 2.29. The van der Waals surface area contributed by atoms with Gasteiger partial charge in [-0.2, -0.15) is 13.2 Å². The van der Waals surface area contributed by atoms with Gasteiger partial charge < -0.3 is 4.98 Å². The fraction of sp³-hybridized carbons (Fsp3) is 0.0667. The van der Waals surface area contributed by atoms with Crippen LogP contribution in [-0.4, -0.2) is 9.97 Å². The Labute approximate surface area is 117 Å². The lowest BCUT2D eigenvalue weighted by molar-refractivity contribution is -0.145. The van der Waals surface area contributed by atoms with Gasteiger partial charge in [-0.15, -0.1) is 0 Å². The van der Waals surface area contributed by atoms with Crippen LogP contribution >= 0.6 is 0 Å². The third-order valence-electron chi connectivity index (χ3n) is 3.08. The van der Waals surface area contributed by atoms with Gasteiger partial charge in [0.2, 0.25) is 5.82 Å². The zero-order valence-electron chi connectivity index (χ0n) is 10.6. The number of halogens is 3. The average molecular weight is 290 g/mol. The van der Waals surface area contributed by atoms with Crippen LogP contribution in [0.5, 0.6) is 0 Å². The Kier molecular flexibility index (Phi) is 3.01. The Morgan fingerprint density at radius 1 is 1.00 bits per heavy atom. The molecule has 3 nitrogen and oxygen atoms in total. The monoisotopic (exact) mass is 290 g/mol. The number of rotatable bonds is 1. The van der Waals surface area contributed by atoms with Gasteiger partial charge in [-0.05, 0) is 10.8 Å². The van der Waals surface area contributed by atoms with Gasteiger partial charge in [0.1, 0.15) is 0 Å². The molecule has 2 aromatic carbocycles. The third kappa shape index (κ3) is 2.52. The van der Waals surface area contributed by atoms with Gasteiger partial charge in [0.05, 0.1) is 5.69 Å². The van der Waals surface area contributed by atoms with Crippen molar-refractivity contribution in [2.75, 3.05) is 0 Å². The van der Waals surface area contributed by atoms with Crippen molar-refractivity contribution in [1.29, 1.82) is 0 Å². The van der Waals surface area contributed by atoms with Crippen molar-refractivity contribution in [1.82, 2.24) is 9.97 Å². The molecule has 3 rings (SSSR count). The second-order valence-electron chi connectivity index (χ2n) is 4.50. The van der Waals surface area contributed by atoms with Crippen LogP contribution in [0.15, 0.2) is 53.3 Å². The SMILES string of the molecule is O=c1cc(-c2cccc3ccccc23)nc(C(F)(F)F)[nH]1. The van der Waals surface area contributed by atoms with Gasteiger partial charge in [0.25, 0.3) is 5.56 Å². The minimum Gasteiger partial charge on any atom is -0.303 e. The predicted molar refractivity (Wildman–Crippen MR) is 72.8 cm³/mol. The molecule has 106 valence electrons. The van der Waals surface area contributed by atoms with E-state index in [0.29, 0.717) is 5.56 Å². The maximum atomic E-state index is 12.7. The smallest absolute Gasteiger partial charge is 0.303 e. The van der Waals surface area contributed by atoms with Crippen LogP contribution < -0.4 is 5.56 Å². The first-order valence-corrected chi connectivity index (χ1v) is 6.12. The number of nitrogens with one attached hydrogen (secondary N) is 1. The van der Waals surface area contributed by atoms with Crippen molar-refractivity contribution in [2.24, 2.45) is 0 Å². The number of fused-ring (bicyclic) bond motifs is 1. The summed E-state index contributed by atoms with van der Waals surface area (Å²) in [6, 6.07) is 13.5. The summed E-state index contributed by atoms with van der Waals surface area (Å²) in [6.45, 7) is 0. The lowest BCUT2D eigenvalue weighted by atomic mass is 10.0. The van der Waals surface area contributed by atoms with E-state index in [1.807, 2.05) is 18.2 Å². The fourth-order valence-electron chi connectivity index (χ4n) is 2.18. The number of hydrogen-bond acceptors (Lipinski definition) is 2. The van der Waals surface area contributed by atoms with Gasteiger partial charge in [0.15, 0.2) is 0 Å². The first-order valence-electron chi connectivity index (χ1n) is 6.12. The van der Waals surface area contributed by atoms with E-state index in [9.17, 15) is 18.0 Å². The fourth-order valence-corrected chi connectivity index (χ4v) is 2.18. The molecule has 0 spiro atoms. The molecule has 0 saturated heterocycles. The summed E-state index contributed by atoms with van der Waals surface area (Å²) in [7, 11) is 0. The van der Waals surface area contributed by atoms with E-state index in [1.54, 1.807) is 29.2 Å². The van der Waals surface area contributed by atoms with E-state index in [2.05, 4.69) is 4.98 Å². The van der Waals surface area contributed by atoms with Crippen molar-refractivity contribution in [3.8, 4) is 11.3 Å². The zero-order valence-corrected chi connectivity index (χ0v) is 10.6. The van der Waals surface area contributed by atoms with Crippen molar-refractivity contribution in [3.63, 3.8) is 0 Å². The first-order chi connectivity index (χ1) is 9.95. The minimum absolute atomic E-state index is 0.00266. The molecule has 0 unspecified atom stereocenters. The molecule has 0 radical (unpaired) electrons. The topological polar surface area (TPSA) is 45.8 Å². The van der Waals surface area contributed by atoms with E-state index in [0.717, 1.165) is 16.8 Å². The number of hydrogen-bond donors (Lipinski definition) is 1. The molecule has 1 aromatic heterocycles. The largest absolute Gasteiger partial charge is 0.449 e. The molecule has 1 heterocycles. The Hall–Kier alpha value is -2.63. The summed E-state index contributed by atoms with van der Waals surface area (Å²) in [5.74, 6) is -1.29. The highest BCUT2D eigenvalue weighted by Gasteiger charge is 2.34. The number of nitrogens with zero attached hydrogens (tertiary/aromatic N) is 1. The lowest BCUT2D eigenvalue weighted by Gasteiger charge is -2.09. The number of H-pyrrole nitrogens is 1. The summed E-state index contributed by atoms with van der Waals surface area (Å²) in [5, 5.41) is 1.61. The molecule has 21 heavy (non-hydrogen) atoms. The van der Waals surface area contributed by atoms with Crippen LogP contribution in [0, 0.1) is 0 Å². The van der Waals surface area contributed by atoms with Crippen molar-refractivity contribution < 1.29 is 13.2 Å². The van der Waals surface area contributed by atoms with E-state index in [4.69, 9.17) is 0 Å². The minimum atomic E-state index is -4.69. The van der Waals surface area contributed by atoms with Gasteiger partial charge in [-0.1, -0.05) is 42.5 Å². The maximum Gasteiger partial charge on any atom is 0.449 e. The van der Waals surface area contributed by atoms with E-state index < -0.39 is 17.6 Å². The zero-order chi connectivity index (χ0) is 15.0. The second-order valence-corrected chi connectivity index (χ2v) is 4.50. The number of benzene rings is 2. The lowest BCUT2D eigenvalue weighted by Crippen LogP contribution is -2.18. The second kappa shape index (κ2) is 4.73. The summed E-state index contributed by atoms with van der Waals surface area (Å²) in [6.07, 6.45) is -4.69. The molecular weight excluding hydrogens is 281 g/mol. The Morgan fingerprint density at radius 3 is 2.48 bits per heavy atom. The molecule has 3 aromatic rings. The number of aromatic amines is 1. The molecule has 0 atom stereocenters. The maximum absolute atomic E-state index is 12.7. The van der Waals surface area contributed by atoms with Crippen LogP contribution in [-0.2, 0) is 6.18 Å². The molecule has 6 heteroatoms. The van der Waals surface area contributed by atoms with E-state index in [1.165, 1.54) is 0 Å². The van der Waals surface area contributed by atoms with Crippen molar-refractivity contribution in [3.05, 3.63) is 64.7 Å². The Bertz CT molecular complexity index is 863. The van der Waals surface area contributed by atoms with Gasteiger partial charge in [-0.3, -0.25) is 4.79 Å². The number of alkyl halides is 3. The van der Waals surface area contributed by atoms with Crippen LogP contribution in [0.1, 0.15) is 5.82 Å². The molecule has 0 saturated carbocycles. The molecule has 0 amide bonds. The summed E-state index contributed by atoms with van der Waals surface area (Å²) >= 11 is 0. The normalized spacial score (nSPS) is 11.8. The molecule has 0 aliphatic heterocycles. The van der Waals surface area contributed by atoms with E-state index >= 15 is 0 Å². The van der Waals surface area contributed by atoms with Crippen LogP contribution in [0.2, 0.25) is 0 Å². The third-order valence-corrected chi connectivity index (χ3v) is 3.08. The van der Waals surface area contributed by atoms with Crippen molar-refractivity contribution in [2.45, 2.75) is 6.18 Å². The average Bonchev–Trinajstić information content (AvgIpc) is 2.45. The molecule has 0 aliphatic rings. The Balaban J connectivity index is 2.29. The highest BCUT2D eigenvalue weighted by molar-refractivity contribution is 5.95. The van der Waals surface area contributed by atoms with Gasteiger partial charge in [-0.25, -0.2) is 4.98 Å². The van der Waals surface area contributed by atoms with Gasteiger partial charge >= 0.3 is 6.18 Å². The van der Waals surface area contributed by atoms with Gasteiger partial charge in [0, 0.05) is 11.6 Å². The molecule has 0 bridgehead atoms. The standard InChI is InChI=1S/C15H9F3N2O/c16-15(17,18)14-19-12(8-13(21)20-14)11-7-3-5-9-4-1-2-6-10(9)11/h1-8H,(H,19,20,21). The summed E-state index contributed by atoms with van der Waals surface area (Å²) < 4.78 is 38.2. The summed E-state index contributed by atoms with van der Waals surface area (Å²) in [5.41, 5.74) is -0.340. The molecule has 0 fully saturated rings. The molecule has 0 aliphatic carbocycles. The van der Waals surface area contributed by atoms with Crippen LogP contribution in [0.25, 0.3) is 22.0 Å². The van der Waals surface area contributed by atoms with Crippen LogP contribution in [0.3, 0.4) is 0 Å². The first kappa shape index (κ1) is 13.4. The Morgan fingerprint density at radius 2 is 1.71 bits per heavy atom. The molecule has 1 N–H and O–H groups in total. The predicted octanol–water partition coefficient (Wildman–Crippen LogP) is 3.61. The number of aromatic nitrogens is 2. The highest BCUT2D eigenvalue weighted by atomic mass is 19.4. The summed E-state index contributed by atoms with van der Waals surface area (Å²) in [4.78, 5) is 16.7. The molecular formula is C15H9F3N2O. The van der Waals surface area contributed by atoms with Crippen molar-refractivity contribution >= 4 is 10.8 Å².